The van der Waals surface area contributed by atoms with Gasteiger partial charge in [0.15, 0.2) is 0 Å². The molecule has 0 spiro atoms. The number of halogens is 4. The minimum absolute atomic E-state index is 0.166. The van der Waals surface area contributed by atoms with Crippen LogP contribution in [0, 0.1) is 5.41 Å². The first-order valence-corrected chi connectivity index (χ1v) is 11.6. The molecule has 0 saturated heterocycles. The molecule has 2 N–H and O–H groups in total. The second-order valence-corrected chi connectivity index (χ2v) is 8.96. The van der Waals surface area contributed by atoms with Crippen LogP contribution < -0.4 is 14.8 Å². The van der Waals surface area contributed by atoms with Gasteiger partial charge in [-0.2, -0.15) is 21.6 Å². The molecule has 0 atom stereocenters. The summed E-state index contributed by atoms with van der Waals surface area (Å²) in [5.41, 5.74) is -6.11. The van der Waals surface area contributed by atoms with Gasteiger partial charge in [0, 0.05) is 15.8 Å². The van der Waals surface area contributed by atoms with Gasteiger partial charge in [0.1, 0.15) is 11.2 Å². The SMILES string of the molecule is CC.O=C(Nc1ccc(Br)cc1)C1(C(=O)Nc2ccc(OS(=O)(=O)C(F)(F)F)cc2)CC1. The molecule has 7 nitrogen and oxygen atoms in total. The Hall–Kier alpha value is -2.60. The quantitative estimate of drug-likeness (QED) is 0.305. The first kappa shape index (κ1) is 25.7. The van der Waals surface area contributed by atoms with Gasteiger partial charge in [0.25, 0.3) is 0 Å². The standard InChI is InChI=1S/C18H14BrF3N2O5S.C2H6/c19-11-1-3-12(4-2-11)23-15(25)17(9-10-17)16(26)24-13-5-7-14(8-6-13)29-30(27,28)18(20,21)22;1-2/h1-8H,9-10H2,(H,23,25)(H,24,26);1-2H3. The number of rotatable bonds is 6. The molecule has 0 aliphatic heterocycles. The van der Waals surface area contributed by atoms with Crippen LogP contribution in [0.15, 0.2) is 53.0 Å². The van der Waals surface area contributed by atoms with Crippen LogP contribution in [0.1, 0.15) is 26.7 Å². The maximum atomic E-state index is 12.6. The van der Waals surface area contributed by atoms with Gasteiger partial charge in [-0.3, -0.25) is 9.59 Å². The summed E-state index contributed by atoms with van der Waals surface area (Å²) in [7, 11) is -5.79. The van der Waals surface area contributed by atoms with Gasteiger partial charge in [-0.1, -0.05) is 29.8 Å². The Balaban J connectivity index is 0.00000176. The molecule has 32 heavy (non-hydrogen) atoms. The maximum absolute atomic E-state index is 12.6. The Morgan fingerprint density at radius 1 is 0.906 bits per heavy atom. The average Bonchev–Trinajstić information content (AvgIpc) is 3.54. The van der Waals surface area contributed by atoms with Crippen molar-refractivity contribution in [2.75, 3.05) is 10.6 Å². The number of hydrogen-bond donors (Lipinski definition) is 2. The average molecular weight is 537 g/mol. The Morgan fingerprint density at radius 2 is 1.31 bits per heavy atom. The van der Waals surface area contributed by atoms with E-state index in [1.807, 2.05) is 13.8 Å². The van der Waals surface area contributed by atoms with Crippen molar-refractivity contribution >= 4 is 49.2 Å². The predicted octanol–water partition coefficient (Wildman–Crippen LogP) is 5.06. The maximum Gasteiger partial charge on any atom is 0.534 e. The van der Waals surface area contributed by atoms with E-state index in [1.54, 1.807) is 24.3 Å². The summed E-state index contributed by atoms with van der Waals surface area (Å²) in [6, 6.07) is 11.1. The number of amides is 2. The summed E-state index contributed by atoms with van der Waals surface area (Å²) < 4.78 is 63.9. The highest BCUT2D eigenvalue weighted by Gasteiger charge is 2.56. The van der Waals surface area contributed by atoms with Crippen LogP contribution in [0.3, 0.4) is 0 Å². The second-order valence-electron chi connectivity index (χ2n) is 6.50. The van der Waals surface area contributed by atoms with Gasteiger partial charge >= 0.3 is 15.6 Å². The molecule has 1 aliphatic carbocycles. The molecular formula is C20H20BrF3N2O5S. The predicted molar refractivity (Wildman–Crippen MR) is 116 cm³/mol. The minimum atomic E-state index is -5.79. The monoisotopic (exact) mass is 536 g/mol. The van der Waals surface area contributed by atoms with Crippen LogP contribution in [-0.2, 0) is 19.7 Å². The lowest BCUT2D eigenvalue weighted by Gasteiger charge is -2.16. The van der Waals surface area contributed by atoms with Gasteiger partial charge in [-0.05, 0) is 61.4 Å². The Labute approximate surface area is 191 Å². The van der Waals surface area contributed by atoms with Crippen molar-refractivity contribution in [1.29, 1.82) is 0 Å². The molecular weight excluding hydrogens is 517 g/mol. The minimum Gasteiger partial charge on any atom is -0.376 e. The number of carbonyl (C=O) groups is 2. The Morgan fingerprint density at radius 3 is 1.69 bits per heavy atom. The summed E-state index contributed by atoms with van der Waals surface area (Å²) in [5.74, 6) is -1.62. The molecule has 2 aromatic rings. The van der Waals surface area contributed by atoms with Crippen molar-refractivity contribution in [2.24, 2.45) is 5.41 Å². The van der Waals surface area contributed by atoms with Crippen LogP contribution in [0.5, 0.6) is 5.75 Å². The normalized spacial score (nSPS) is 14.4. The number of hydrogen-bond acceptors (Lipinski definition) is 5. The first-order valence-electron chi connectivity index (χ1n) is 9.42. The fourth-order valence-corrected chi connectivity index (χ4v) is 3.21. The van der Waals surface area contributed by atoms with Crippen molar-refractivity contribution in [3.05, 3.63) is 53.0 Å². The van der Waals surface area contributed by atoms with Gasteiger partial charge in [0.05, 0.1) is 0 Å². The number of anilines is 2. The van der Waals surface area contributed by atoms with E-state index >= 15 is 0 Å². The van der Waals surface area contributed by atoms with E-state index in [-0.39, 0.29) is 5.69 Å². The zero-order valence-electron chi connectivity index (χ0n) is 17.0. The van der Waals surface area contributed by atoms with E-state index in [0.29, 0.717) is 18.5 Å². The van der Waals surface area contributed by atoms with Crippen molar-refractivity contribution in [3.63, 3.8) is 0 Å². The molecule has 0 bridgehead atoms. The van der Waals surface area contributed by atoms with E-state index in [9.17, 15) is 31.2 Å². The molecule has 0 radical (unpaired) electrons. The lowest BCUT2D eigenvalue weighted by molar-refractivity contribution is -0.131. The lowest BCUT2D eigenvalue weighted by atomic mass is 10.0. The van der Waals surface area contributed by atoms with Gasteiger partial charge in [-0.25, -0.2) is 0 Å². The van der Waals surface area contributed by atoms with Gasteiger partial charge in [0.2, 0.25) is 11.8 Å². The van der Waals surface area contributed by atoms with E-state index in [2.05, 4.69) is 30.7 Å². The number of alkyl halides is 3. The summed E-state index contributed by atoms with van der Waals surface area (Å²) in [6.07, 6.45) is 0.679. The summed E-state index contributed by atoms with van der Waals surface area (Å²) in [5, 5.41) is 5.18. The Bertz CT molecular complexity index is 1070. The molecule has 3 rings (SSSR count). The Kier molecular flexibility index (Phi) is 7.94. The van der Waals surface area contributed by atoms with Crippen molar-refractivity contribution in [1.82, 2.24) is 0 Å². The first-order chi connectivity index (χ1) is 14.9. The van der Waals surface area contributed by atoms with Crippen LogP contribution in [0.2, 0.25) is 0 Å². The third kappa shape index (κ3) is 6.00. The molecule has 0 heterocycles. The topological polar surface area (TPSA) is 102 Å². The highest BCUT2D eigenvalue weighted by Crippen LogP contribution is 2.47. The van der Waals surface area contributed by atoms with Crippen LogP contribution >= 0.6 is 15.9 Å². The third-order valence-corrected chi connectivity index (χ3v) is 5.83. The molecule has 1 aliphatic rings. The summed E-state index contributed by atoms with van der Waals surface area (Å²) in [4.78, 5) is 25.1. The van der Waals surface area contributed by atoms with Crippen LogP contribution in [-0.4, -0.2) is 25.7 Å². The smallest absolute Gasteiger partial charge is 0.376 e. The zero-order valence-corrected chi connectivity index (χ0v) is 19.4. The molecule has 174 valence electrons. The van der Waals surface area contributed by atoms with Crippen molar-refractivity contribution < 1.29 is 35.4 Å². The van der Waals surface area contributed by atoms with E-state index < -0.39 is 38.6 Å². The molecule has 1 fully saturated rings. The molecule has 12 heteroatoms. The third-order valence-electron chi connectivity index (χ3n) is 4.32. The molecule has 0 unspecified atom stereocenters. The summed E-state index contributed by atoms with van der Waals surface area (Å²) in [6.45, 7) is 4.00. The fraction of sp³-hybridized carbons (Fsp3) is 0.300. The lowest BCUT2D eigenvalue weighted by Crippen LogP contribution is -2.35. The number of carbonyl (C=O) groups excluding carboxylic acids is 2. The van der Waals surface area contributed by atoms with Crippen LogP contribution in [0.4, 0.5) is 24.5 Å². The van der Waals surface area contributed by atoms with E-state index in [0.717, 1.165) is 16.6 Å². The second kappa shape index (κ2) is 9.90. The van der Waals surface area contributed by atoms with E-state index in [4.69, 9.17) is 0 Å². The highest BCUT2D eigenvalue weighted by molar-refractivity contribution is 9.10. The van der Waals surface area contributed by atoms with Crippen molar-refractivity contribution in [3.8, 4) is 5.75 Å². The molecule has 1 saturated carbocycles. The fourth-order valence-electron chi connectivity index (χ4n) is 2.48. The van der Waals surface area contributed by atoms with Gasteiger partial charge in [-0.15, -0.1) is 0 Å². The zero-order chi connectivity index (χ0) is 24.2. The molecule has 0 aromatic heterocycles. The number of benzene rings is 2. The molecule has 2 amide bonds. The highest BCUT2D eigenvalue weighted by atomic mass is 79.9. The van der Waals surface area contributed by atoms with Crippen molar-refractivity contribution in [2.45, 2.75) is 32.2 Å². The van der Waals surface area contributed by atoms with Gasteiger partial charge < -0.3 is 14.8 Å². The van der Waals surface area contributed by atoms with Crippen LogP contribution in [0.25, 0.3) is 0 Å². The van der Waals surface area contributed by atoms with E-state index in [1.165, 1.54) is 12.1 Å². The number of nitrogens with one attached hydrogen (secondary N) is 2. The summed E-state index contributed by atoms with van der Waals surface area (Å²) >= 11 is 3.28. The largest absolute Gasteiger partial charge is 0.534 e. The molecule has 2 aromatic carbocycles.